The van der Waals surface area contributed by atoms with E-state index in [1.807, 2.05) is 43.8 Å². The maximum atomic E-state index is 6.43. The zero-order chi connectivity index (χ0) is 14.2. The number of hydrogen-bond acceptors (Lipinski definition) is 3. The summed E-state index contributed by atoms with van der Waals surface area (Å²) in [5.74, 6) is 0.855. The highest BCUT2D eigenvalue weighted by atomic mass is 16.5. The van der Waals surface area contributed by atoms with Crippen molar-refractivity contribution in [3.63, 3.8) is 0 Å². The molecule has 1 aromatic carbocycles. The van der Waals surface area contributed by atoms with Crippen LogP contribution in [0.5, 0.6) is 5.75 Å². The highest BCUT2D eigenvalue weighted by Crippen LogP contribution is 2.29. The first-order valence-corrected chi connectivity index (χ1v) is 6.36. The first kappa shape index (κ1) is 13.6. The third kappa shape index (κ3) is 2.36. The molecular weight excluding hydrogens is 238 g/mol. The van der Waals surface area contributed by atoms with Gasteiger partial charge in [0.1, 0.15) is 5.75 Å². The van der Waals surface area contributed by atoms with E-state index in [-0.39, 0.29) is 6.04 Å². The van der Waals surface area contributed by atoms with Crippen molar-refractivity contribution in [2.24, 2.45) is 12.8 Å². The van der Waals surface area contributed by atoms with Crippen molar-refractivity contribution in [3.05, 3.63) is 46.3 Å². The molecule has 1 aromatic heterocycles. The van der Waals surface area contributed by atoms with Crippen molar-refractivity contribution >= 4 is 0 Å². The molecule has 0 aliphatic rings. The van der Waals surface area contributed by atoms with Gasteiger partial charge in [0.25, 0.3) is 0 Å². The van der Waals surface area contributed by atoms with Crippen molar-refractivity contribution in [2.75, 3.05) is 7.11 Å². The van der Waals surface area contributed by atoms with E-state index >= 15 is 0 Å². The fourth-order valence-corrected chi connectivity index (χ4v) is 2.52. The van der Waals surface area contributed by atoms with E-state index in [0.29, 0.717) is 0 Å². The van der Waals surface area contributed by atoms with Gasteiger partial charge >= 0.3 is 0 Å². The van der Waals surface area contributed by atoms with E-state index < -0.39 is 0 Å². The Morgan fingerprint density at radius 3 is 2.42 bits per heavy atom. The first-order valence-electron chi connectivity index (χ1n) is 6.36. The Bertz CT molecular complexity index is 602. The van der Waals surface area contributed by atoms with Gasteiger partial charge in [-0.25, -0.2) is 0 Å². The minimum atomic E-state index is -0.153. The van der Waals surface area contributed by atoms with Crippen molar-refractivity contribution in [3.8, 4) is 5.75 Å². The topological polar surface area (TPSA) is 53.1 Å². The van der Waals surface area contributed by atoms with Crippen LogP contribution in [0.15, 0.2) is 18.2 Å². The molecule has 0 radical (unpaired) electrons. The van der Waals surface area contributed by atoms with E-state index in [2.05, 4.69) is 12.0 Å². The molecule has 2 rings (SSSR count). The Labute approximate surface area is 114 Å². The molecule has 19 heavy (non-hydrogen) atoms. The lowest BCUT2D eigenvalue weighted by atomic mass is 9.94. The second kappa shape index (κ2) is 5.05. The van der Waals surface area contributed by atoms with Gasteiger partial charge < -0.3 is 10.5 Å². The summed E-state index contributed by atoms with van der Waals surface area (Å²) in [6.07, 6.45) is 0. The summed E-state index contributed by atoms with van der Waals surface area (Å²) >= 11 is 0. The largest absolute Gasteiger partial charge is 0.497 e. The van der Waals surface area contributed by atoms with Crippen LogP contribution in [0.4, 0.5) is 0 Å². The Morgan fingerprint density at radius 1 is 1.26 bits per heavy atom. The molecule has 4 heteroatoms. The SMILES string of the molecule is COc1ccc(C(N)c2c(C)nn(C)c2C)c(C)c1. The molecule has 1 atom stereocenters. The smallest absolute Gasteiger partial charge is 0.119 e. The van der Waals surface area contributed by atoms with E-state index in [0.717, 1.165) is 33.8 Å². The molecule has 0 aliphatic heterocycles. The van der Waals surface area contributed by atoms with Crippen LogP contribution >= 0.6 is 0 Å². The number of benzene rings is 1. The lowest BCUT2D eigenvalue weighted by molar-refractivity contribution is 0.414. The zero-order valence-corrected chi connectivity index (χ0v) is 12.2. The predicted octanol–water partition coefficient (Wildman–Crippen LogP) is 2.40. The fourth-order valence-electron chi connectivity index (χ4n) is 2.52. The number of aryl methyl sites for hydroxylation is 3. The number of methoxy groups -OCH3 is 1. The quantitative estimate of drug-likeness (QED) is 0.921. The molecule has 0 saturated carbocycles. The molecule has 0 aliphatic carbocycles. The monoisotopic (exact) mass is 259 g/mol. The number of nitrogens with zero attached hydrogens (tertiary/aromatic N) is 2. The van der Waals surface area contributed by atoms with Crippen LogP contribution < -0.4 is 10.5 Å². The molecule has 0 fully saturated rings. The number of rotatable bonds is 3. The maximum Gasteiger partial charge on any atom is 0.119 e. The average molecular weight is 259 g/mol. The van der Waals surface area contributed by atoms with Crippen LogP contribution in [0.3, 0.4) is 0 Å². The van der Waals surface area contributed by atoms with E-state index in [1.165, 1.54) is 0 Å². The zero-order valence-electron chi connectivity index (χ0n) is 12.2. The van der Waals surface area contributed by atoms with Gasteiger partial charge in [-0.2, -0.15) is 5.10 Å². The minimum absolute atomic E-state index is 0.153. The molecule has 2 N–H and O–H groups in total. The standard InChI is InChI=1S/C15H21N3O/c1-9-8-12(19-5)6-7-13(9)15(16)14-10(2)17-18(4)11(14)3/h6-8,15H,16H2,1-5H3. The summed E-state index contributed by atoms with van der Waals surface area (Å²) < 4.78 is 7.11. The van der Waals surface area contributed by atoms with Gasteiger partial charge in [0, 0.05) is 18.3 Å². The predicted molar refractivity (Wildman–Crippen MR) is 76.4 cm³/mol. The molecule has 0 amide bonds. The third-order valence-corrected chi connectivity index (χ3v) is 3.69. The van der Waals surface area contributed by atoms with Gasteiger partial charge in [-0.1, -0.05) is 6.07 Å². The van der Waals surface area contributed by atoms with Crippen molar-refractivity contribution in [1.29, 1.82) is 0 Å². The normalized spacial score (nSPS) is 12.5. The van der Waals surface area contributed by atoms with Crippen LogP contribution in [-0.4, -0.2) is 16.9 Å². The van der Waals surface area contributed by atoms with Crippen LogP contribution in [0.1, 0.15) is 34.1 Å². The summed E-state index contributed by atoms with van der Waals surface area (Å²) in [6.45, 7) is 6.11. The number of hydrogen-bond donors (Lipinski definition) is 1. The van der Waals surface area contributed by atoms with Crippen molar-refractivity contribution in [1.82, 2.24) is 9.78 Å². The van der Waals surface area contributed by atoms with Crippen LogP contribution in [0.2, 0.25) is 0 Å². The molecule has 102 valence electrons. The molecule has 0 spiro atoms. The van der Waals surface area contributed by atoms with Gasteiger partial charge in [0.05, 0.1) is 18.8 Å². The third-order valence-electron chi connectivity index (χ3n) is 3.69. The summed E-state index contributed by atoms with van der Waals surface area (Å²) in [6, 6.07) is 5.84. The minimum Gasteiger partial charge on any atom is -0.497 e. The molecule has 0 saturated heterocycles. The first-order chi connectivity index (χ1) is 8.95. The Hall–Kier alpha value is -1.81. The summed E-state index contributed by atoms with van der Waals surface area (Å²) in [4.78, 5) is 0. The summed E-state index contributed by atoms with van der Waals surface area (Å²) in [5, 5.41) is 4.43. The second-order valence-corrected chi connectivity index (χ2v) is 4.91. The Morgan fingerprint density at radius 2 is 1.95 bits per heavy atom. The molecule has 1 unspecified atom stereocenters. The molecule has 0 bridgehead atoms. The van der Waals surface area contributed by atoms with Gasteiger partial charge in [-0.05, 0) is 44.0 Å². The van der Waals surface area contributed by atoms with E-state index in [9.17, 15) is 0 Å². The van der Waals surface area contributed by atoms with Crippen LogP contribution in [0, 0.1) is 20.8 Å². The number of aromatic nitrogens is 2. The second-order valence-electron chi connectivity index (χ2n) is 4.91. The number of ether oxygens (including phenoxy) is 1. The van der Waals surface area contributed by atoms with E-state index in [4.69, 9.17) is 10.5 Å². The van der Waals surface area contributed by atoms with Crippen molar-refractivity contribution < 1.29 is 4.74 Å². The Balaban J connectivity index is 2.47. The molecule has 1 heterocycles. The average Bonchev–Trinajstić information content (AvgIpc) is 2.62. The molecular formula is C15H21N3O. The molecule has 4 nitrogen and oxygen atoms in total. The lowest BCUT2D eigenvalue weighted by Gasteiger charge is -2.16. The lowest BCUT2D eigenvalue weighted by Crippen LogP contribution is -2.15. The molecule has 2 aromatic rings. The van der Waals surface area contributed by atoms with E-state index in [1.54, 1.807) is 7.11 Å². The van der Waals surface area contributed by atoms with Gasteiger partial charge in [0.15, 0.2) is 0 Å². The maximum absolute atomic E-state index is 6.43. The van der Waals surface area contributed by atoms with Gasteiger partial charge in [-0.15, -0.1) is 0 Å². The Kier molecular flexibility index (Phi) is 3.62. The highest BCUT2D eigenvalue weighted by Gasteiger charge is 2.19. The fraction of sp³-hybridized carbons (Fsp3) is 0.400. The van der Waals surface area contributed by atoms with Crippen LogP contribution in [-0.2, 0) is 7.05 Å². The summed E-state index contributed by atoms with van der Waals surface area (Å²) in [5.41, 5.74) is 11.9. The van der Waals surface area contributed by atoms with Gasteiger partial charge in [0.2, 0.25) is 0 Å². The van der Waals surface area contributed by atoms with Crippen LogP contribution in [0.25, 0.3) is 0 Å². The van der Waals surface area contributed by atoms with Gasteiger partial charge in [-0.3, -0.25) is 4.68 Å². The number of nitrogens with two attached hydrogens (primary N) is 1. The summed E-state index contributed by atoms with van der Waals surface area (Å²) in [7, 11) is 3.61. The highest BCUT2D eigenvalue weighted by molar-refractivity contribution is 5.43. The van der Waals surface area contributed by atoms with Crippen molar-refractivity contribution in [2.45, 2.75) is 26.8 Å².